The van der Waals surface area contributed by atoms with Gasteiger partial charge in [-0.3, -0.25) is 0 Å². The highest BCUT2D eigenvalue weighted by molar-refractivity contribution is 5.87. The molecule has 1 aliphatic carbocycles. The molecule has 0 aromatic carbocycles. The summed E-state index contributed by atoms with van der Waals surface area (Å²) >= 11 is 0. The second kappa shape index (κ2) is 5.80. The molecule has 5 nitrogen and oxygen atoms in total. The summed E-state index contributed by atoms with van der Waals surface area (Å²) in [5.41, 5.74) is 0.310. The number of ether oxygens (including phenoxy) is 1. The Balaban J connectivity index is 2.14. The molecule has 1 aromatic heterocycles. The van der Waals surface area contributed by atoms with E-state index in [-0.39, 0.29) is 0 Å². The summed E-state index contributed by atoms with van der Waals surface area (Å²) in [6.07, 6.45) is 7.65. The van der Waals surface area contributed by atoms with Crippen LogP contribution in [-0.2, 0) is 4.74 Å². The van der Waals surface area contributed by atoms with Crippen LogP contribution in [0, 0.1) is 0 Å². The zero-order chi connectivity index (χ0) is 13.0. The first kappa shape index (κ1) is 12.8. The van der Waals surface area contributed by atoms with E-state index in [1.807, 2.05) is 7.05 Å². The molecule has 1 aromatic rings. The molecule has 0 amide bonds. The van der Waals surface area contributed by atoms with Crippen molar-refractivity contribution in [1.29, 1.82) is 0 Å². The number of hydrogen-bond donors (Lipinski definition) is 0. The van der Waals surface area contributed by atoms with E-state index < -0.39 is 5.97 Å². The fourth-order valence-corrected chi connectivity index (χ4v) is 2.41. The van der Waals surface area contributed by atoms with Gasteiger partial charge in [-0.15, -0.1) is 0 Å². The molecule has 98 valence electrons. The molecule has 0 bridgehead atoms. The van der Waals surface area contributed by atoms with E-state index >= 15 is 0 Å². The number of carbonyl (C=O) groups is 1. The molecule has 1 heterocycles. The van der Waals surface area contributed by atoms with Gasteiger partial charge < -0.3 is 9.64 Å². The molecule has 0 N–H and O–H groups in total. The van der Waals surface area contributed by atoms with Crippen molar-refractivity contribution in [2.24, 2.45) is 0 Å². The zero-order valence-corrected chi connectivity index (χ0v) is 10.9. The van der Waals surface area contributed by atoms with Crippen molar-refractivity contribution >= 4 is 11.8 Å². The Labute approximate surface area is 107 Å². The fourth-order valence-electron chi connectivity index (χ4n) is 2.41. The van der Waals surface area contributed by atoms with Crippen LogP contribution in [0.3, 0.4) is 0 Å². The minimum Gasteiger partial charge on any atom is -0.464 e. The molecule has 2 rings (SSSR count). The third-order valence-electron chi connectivity index (χ3n) is 3.53. The Morgan fingerprint density at radius 2 is 2.06 bits per heavy atom. The number of hydrogen-bond acceptors (Lipinski definition) is 5. The van der Waals surface area contributed by atoms with Crippen LogP contribution in [-0.4, -0.2) is 36.1 Å². The molecule has 18 heavy (non-hydrogen) atoms. The topological polar surface area (TPSA) is 55.3 Å². The van der Waals surface area contributed by atoms with Crippen molar-refractivity contribution < 1.29 is 9.53 Å². The first-order valence-corrected chi connectivity index (χ1v) is 6.35. The molecule has 5 heteroatoms. The van der Waals surface area contributed by atoms with Crippen LogP contribution < -0.4 is 4.90 Å². The predicted molar refractivity (Wildman–Crippen MR) is 68.6 cm³/mol. The van der Waals surface area contributed by atoms with E-state index in [0.717, 1.165) is 5.82 Å². The first-order chi connectivity index (χ1) is 8.72. The van der Waals surface area contributed by atoms with Crippen molar-refractivity contribution in [3.8, 4) is 0 Å². The predicted octanol–water partition coefficient (Wildman–Crippen LogP) is 2.03. The van der Waals surface area contributed by atoms with Crippen LogP contribution in [0.4, 0.5) is 5.82 Å². The van der Waals surface area contributed by atoms with Gasteiger partial charge in [-0.2, -0.15) is 0 Å². The van der Waals surface area contributed by atoms with E-state index in [4.69, 9.17) is 0 Å². The standard InChI is InChI=1S/C13H19N3O2/c1-16(10-6-4-3-5-7-10)12-8-11(13(17)18-2)14-9-15-12/h8-10H,3-7H2,1-2H3. The molecule has 0 spiro atoms. The SMILES string of the molecule is COC(=O)c1cc(N(C)C2CCCCC2)ncn1. The van der Waals surface area contributed by atoms with Crippen LogP contribution >= 0.6 is 0 Å². The maximum Gasteiger partial charge on any atom is 0.356 e. The van der Waals surface area contributed by atoms with Crippen LogP contribution in [0.25, 0.3) is 0 Å². The number of esters is 1. The average molecular weight is 249 g/mol. The Hall–Kier alpha value is -1.65. The molecule has 0 unspecified atom stereocenters. The lowest BCUT2D eigenvalue weighted by atomic mass is 9.94. The van der Waals surface area contributed by atoms with E-state index in [9.17, 15) is 4.79 Å². The van der Waals surface area contributed by atoms with Crippen molar-refractivity contribution in [1.82, 2.24) is 9.97 Å². The molecule has 0 atom stereocenters. The number of nitrogens with zero attached hydrogens (tertiary/aromatic N) is 3. The lowest BCUT2D eigenvalue weighted by Gasteiger charge is -2.32. The average Bonchev–Trinajstić information content (AvgIpc) is 2.46. The summed E-state index contributed by atoms with van der Waals surface area (Å²) in [5, 5.41) is 0. The number of aromatic nitrogens is 2. The maximum atomic E-state index is 11.4. The largest absolute Gasteiger partial charge is 0.464 e. The lowest BCUT2D eigenvalue weighted by molar-refractivity contribution is 0.0594. The monoisotopic (exact) mass is 249 g/mol. The van der Waals surface area contributed by atoms with Gasteiger partial charge in [-0.05, 0) is 12.8 Å². The lowest BCUT2D eigenvalue weighted by Crippen LogP contribution is -2.34. The molecule has 0 radical (unpaired) electrons. The van der Waals surface area contributed by atoms with Crippen molar-refractivity contribution in [2.45, 2.75) is 38.1 Å². The van der Waals surface area contributed by atoms with Gasteiger partial charge in [0.25, 0.3) is 0 Å². The second-order valence-electron chi connectivity index (χ2n) is 4.66. The second-order valence-corrected chi connectivity index (χ2v) is 4.66. The van der Waals surface area contributed by atoms with Crippen LogP contribution in [0.2, 0.25) is 0 Å². The van der Waals surface area contributed by atoms with E-state index in [0.29, 0.717) is 11.7 Å². The Morgan fingerprint density at radius 1 is 1.33 bits per heavy atom. The highest BCUT2D eigenvalue weighted by atomic mass is 16.5. The summed E-state index contributed by atoms with van der Waals surface area (Å²) in [6.45, 7) is 0. The number of carbonyl (C=O) groups excluding carboxylic acids is 1. The molecule has 1 fully saturated rings. The van der Waals surface area contributed by atoms with Gasteiger partial charge in [-0.1, -0.05) is 19.3 Å². The van der Waals surface area contributed by atoms with Crippen molar-refractivity contribution in [2.75, 3.05) is 19.1 Å². The summed E-state index contributed by atoms with van der Waals surface area (Å²) in [4.78, 5) is 21.7. The van der Waals surface area contributed by atoms with Crippen LogP contribution in [0.15, 0.2) is 12.4 Å². The molecular weight excluding hydrogens is 230 g/mol. The quantitative estimate of drug-likeness (QED) is 0.767. The van der Waals surface area contributed by atoms with Gasteiger partial charge in [0.15, 0.2) is 5.69 Å². The smallest absolute Gasteiger partial charge is 0.356 e. The Bertz CT molecular complexity index is 416. The minimum atomic E-state index is -0.421. The highest BCUT2D eigenvalue weighted by Gasteiger charge is 2.20. The fraction of sp³-hybridized carbons (Fsp3) is 0.615. The summed E-state index contributed by atoms with van der Waals surface area (Å²) < 4.78 is 4.67. The molecular formula is C13H19N3O2. The van der Waals surface area contributed by atoms with Crippen molar-refractivity contribution in [3.63, 3.8) is 0 Å². The van der Waals surface area contributed by atoms with Gasteiger partial charge in [0.1, 0.15) is 12.1 Å². The third kappa shape index (κ3) is 2.78. The van der Waals surface area contributed by atoms with Gasteiger partial charge >= 0.3 is 5.97 Å². The van der Waals surface area contributed by atoms with E-state index in [2.05, 4.69) is 19.6 Å². The molecule has 1 saturated carbocycles. The number of rotatable bonds is 3. The highest BCUT2D eigenvalue weighted by Crippen LogP contribution is 2.24. The Morgan fingerprint density at radius 3 is 2.72 bits per heavy atom. The minimum absolute atomic E-state index is 0.310. The molecule has 1 aliphatic rings. The first-order valence-electron chi connectivity index (χ1n) is 6.35. The van der Waals surface area contributed by atoms with Crippen LogP contribution in [0.5, 0.6) is 0 Å². The van der Waals surface area contributed by atoms with Gasteiger partial charge in [-0.25, -0.2) is 14.8 Å². The van der Waals surface area contributed by atoms with E-state index in [1.54, 1.807) is 6.07 Å². The number of anilines is 1. The molecule has 0 saturated heterocycles. The summed E-state index contributed by atoms with van der Waals surface area (Å²) in [6, 6.07) is 2.21. The maximum absolute atomic E-state index is 11.4. The van der Waals surface area contributed by atoms with Crippen LogP contribution in [0.1, 0.15) is 42.6 Å². The van der Waals surface area contributed by atoms with Gasteiger partial charge in [0.2, 0.25) is 0 Å². The molecule has 0 aliphatic heterocycles. The third-order valence-corrected chi connectivity index (χ3v) is 3.53. The zero-order valence-electron chi connectivity index (χ0n) is 10.9. The Kier molecular flexibility index (Phi) is 4.12. The van der Waals surface area contributed by atoms with E-state index in [1.165, 1.54) is 45.5 Å². The summed E-state index contributed by atoms with van der Waals surface area (Å²) in [5.74, 6) is 0.369. The number of methoxy groups -OCH3 is 1. The van der Waals surface area contributed by atoms with Gasteiger partial charge in [0.05, 0.1) is 7.11 Å². The normalized spacial score (nSPS) is 16.3. The summed E-state index contributed by atoms with van der Waals surface area (Å²) in [7, 11) is 3.38. The van der Waals surface area contributed by atoms with Crippen molar-refractivity contribution in [3.05, 3.63) is 18.1 Å². The van der Waals surface area contributed by atoms with Gasteiger partial charge in [0, 0.05) is 19.2 Å².